The van der Waals surface area contributed by atoms with E-state index in [1.165, 1.54) is 17.7 Å². The third kappa shape index (κ3) is 3.26. The molecule has 0 saturated carbocycles. The van der Waals surface area contributed by atoms with Gasteiger partial charge in [0.25, 0.3) is 0 Å². The molecule has 0 bridgehead atoms. The van der Waals surface area contributed by atoms with E-state index in [2.05, 4.69) is 6.92 Å². The number of hydrogen-bond acceptors (Lipinski definition) is 1. The van der Waals surface area contributed by atoms with Gasteiger partial charge in [-0.2, -0.15) is 0 Å². The molecule has 0 fully saturated rings. The second-order valence-corrected chi connectivity index (χ2v) is 5.14. The first-order valence-corrected chi connectivity index (χ1v) is 7.09. The third-order valence-electron chi connectivity index (χ3n) is 3.23. The zero-order valence-corrected chi connectivity index (χ0v) is 12.1. The van der Waals surface area contributed by atoms with E-state index in [9.17, 15) is 9.18 Å². The molecule has 0 atom stereocenters. The van der Waals surface area contributed by atoms with Gasteiger partial charge in [0.2, 0.25) is 0 Å². The minimum atomic E-state index is -0.658. The molecule has 0 saturated heterocycles. The summed E-state index contributed by atoms with van der Waals surface area (Å²) in [6.45, 7) is 2.14. The second-order valence-electron chi connectivity index (χ2n) is 4.73. The van der Waals surface area contributed by atoms with Crippen LogP contribution in [-0.4, -0.2) is 5.78 Å². The van der Waals surface area contributed by atoms with Crippen LogP contribution in [0, 0.1) is 5.82 Å². The van der Waals surface area contributed by atoms with Crippen LogP contribution >= 0.6 is 11.6 Å². The zero-order valence-electron chi connectivity index (χ0n) is 11.3. The first-order valence-electron chi connectivity index (χ1n) is 6.71. The Bertz CT molecular complexity index is 605. The van der Waals surface area contributed by atoms with E-state index in [0.717, 1.165) is 19.3 Å². The maximum absolute atomic E-state index is 13.8. The average Bonchev–Trinajstić information content (AvgIpc) is 2.48. The van der Waals surface area contributed by atoms with Gasteiger partial charge in [-0.25, -0.2) is 4.39 Å². The summed E-state index contributed by atoms with van der Waals surface area (Å²) >= 11 is 5.70. The number of ketones is 1. The molecule has 0 amide bonds. The van der Waals surface area contributed by atoms with Crippen molar-refractivity contribution in [1.29, 1.82) is 0 Å². The van der Waals surface area contributed by atoms with Crippen LogP contribution in [0.5, 0.6) is 0 Å². The Morgan fingerprint density at radius 1 is 1.15 bits per heavy atom. The molecule has 0 unspecified atom stereocenters. The van der Waals surface area contributed by atoms with Gasteiger partial charge >= 0.3 is 0 Å². The molecule has 3 heteroatoms. The van der Waals surface area contributed by atoms with Crippen molar-refractivity contribution in [3.05, 3.63) is 70.0 Å². The van der Waals surface area contributed by atoms with Crippen LogP contribution in [0.25, 0.3) is 0 Å². The summed E-state index contributed by atoms with van der Waals surface area (Å²) in [7, 11) is 0. The Labute approximate surface area is 123 Å². The molecule has 20 heavy (non-hydrogen) atoms. The van der Waals surface area contributed by atoms with E-state index in [0.29, 0.717) is 5.56 Å². The van der Waals surface area contributed by atoms with Crippen molar-refractivity contribution in [2.24, 2.45) is 0 Å². The number of benzene rings is 2. The lowest BCUT2D eigenvalue weighted by Gasteiger charge is -2.05. The lowest BCUT2D eigenvalue weighted by molar-refractivity contribution is 0.103. The number of hydrogen-bond donors (Lipinski definition) is 0. The SMILES string of the molecule is CCCCc1ccc(C(=O)c2cccc(Cl)c2F)cc1. The van der Waals surface area contributed by atoms with E-state index in [-0.39, 0.29) is 16.4 Å². The standard InChI is InChI=1S/C17H16ClFO/c1-2-3-5-12-8-10-13(11-9-12)17(20)14-6-4-7-15(18)16(14)19/h4,6-11H,2-3,5H2,1H3. The van der Waals surface area contributed by atoms with Crippen molar-refractivity contribution in [2.75, 3.05) is 0 Å². The summed E-state index contributed by atoms with van der Waals surface area (Å²) in [6, 6.07) is 11.8. The van der Waals surface area contributed by atoms with Gasteiger partial charge in [-0.3, -0.25) is 4.79 Å². The Morgan fingerprint density at radius 2 is 1.85 bits per heavy atom. The molecule has 0 heterocycles. The average molecular weight is 291 g/mol. The molecule has 104 valence electrons. The third-order valence-corrected chi connectivity index (χ3v) is 3.52. The fraction of sp³-hybridized carbons (Fsp3) is 0.235. The lowest BCUT2D eigenvalue weighted by Crippen LogP contribution is -2.04. The fourth-order valence-electron chi connectivity index (χ4n) is 2.04. The summed E-state index contributed by atoms with van der Waals surface area (Å²) in [6.07, 6.45) is 3.25. The highest BCUT2D eigenvalue weighted by Crippen LogP contribution is 2.21. The molecule has 0 aromatic heterocycles. The number of unbranched alkanes of at least 4 members (excludes halogenated alkanes) is 1. The van der Waals surface area contributed by atoms with E-state index >= 15 is 0 Å². The Balaban J connectivity index is 2.23. The van der Waals surface area contributed by atoms with Crippen LogP contribution in [-0.2, 0) is 6.42 Å². The number of rotatable bonds is 5. The van der Waals surface area contributed by atoms with Crippen molar-refractivity contribution in [2.45, 2.75) is 26.2 Å². The van der Waals surface area contributed by atoms with Gasteiger partial charge in [-0.15, -0.1) is 0 Å². The highest BCUT2D eigenvalue weighted by Gasteiger charge is 2.15. The predicted molar refractivity (Wildman–Crippen MR) is 79.9 cm³/mol. The lowest BCUT2D eigenvalue weighted by atomic mass is 10.00. The number of carbonyl (C=O) groups excluding carboxylic acids is 1. The highest BCUT2D eigenvalue weighted by atomic mass is 35.5. The Morgan fingerprint density at radius 3 is 2.50 bits per heavy atom. The molecule has 0 aliphatic carbocycles. The van der Waals surface area contributed by atoms with Gasteiger partial charge in [-0.1, -0.05) is 55.3 Å². The molecule has 2 rings (SSSR count). The molecule has 1 nitrogen and oxygen atoms in total. The Hall–Kier alpha value is -1.67. The minimum absolute atomic E-state index is 0.0128. The van der Waals surface area contributed by atoms with Crippen molar-refractivity contribution < 1.29 is 9.18 Å². The molecule has 0 N–H and O–H groups in total. The molecular weight excluding hydrogens is 275 g/mol. The number of carbonyl (C=O) groups is 1. The van der Waals surface area contributed by atoms with Crippen LogP contribution in [0.4, 0.5) is 4.39 Å². The largest absolute Gasteiger partial charge is 0.288 e. The molecular formula is C17H16ClFO. The maximum atomic E-state index is 13.8. The monoisotopic (exact) mass is 290 g/mol. The van der Waals surface area contributed by atoms with Gasteiger partial charge in [0, 0.05) is 5.56 Å². The van der Waals surface area contributed by atoms with Crippen LogP contribution in [0.2, 0.25) is 5.02 Å². The molecule has 2 aromatic rings. The van der Waals surface area contributed by atoms with Gasteiger partial charge in [0.1, 0.15) is 0 Å². The van der Waals surface area contributed by atoms with Crippen molar-refractivity contribution in [1.82, 2.24) is 0 Å². The summed E-state index contributed by atoms with van der Waals surface area (Å²) in [5.41, 5.74) is 1.68. The van der Waals surface area contributed by atoms with Crippen LogP contribution in [0.15, 0.2) is 42.5 Å². The van der Waals surface area contributed by atoms with Gasteiger partial charge in [0.05, 0.1) is 10.6 Å². The summed E-state index contributed by atoms with van der Waals surface area (Å²) in [5.74, 6) is -0.999. The first-order chi connectivity index (χ1) is 9.63. The molecule has 0 radical (unpaired) electrons. The number of aryl methyl sites for hydroxylation is 1. The predicted octanol–water partition coefficient (Wildman–Crippen LogP) is 5.05. The summed E-state index contributed by atoms with van der Waals surface area (Å²) < 4.78 is 13.8. The van der Waals surface area contributed by atoms with E-state index < -0.39 is 5.82 Å². The van der Waals surface area contributed by atoms with Crippen LogP contribution in [0.1, 0.15) is 41.3 Å². The van der Waals surface area contributed by atoms with Gasteiger partial charge in [-0.05, 0) is 30.5 Å². The zero-order chi connectivity index (χ0) is 14.5. The van der Waals surface area contributed by atoms with E-state index in [1.54, 1.807) is 18.2 Å². The topological polar surface area (TPSA) is 17.1 Å². The molecule has 2 aromatic carbocycles. The van der Waals surface area contributed by atoms with Gasteiger partial charge in [0.15, 0.2) is 11.6 Å². The molecule has 0 aliphatic rings. The summed E-state index contributed by atoms with van der Waals surface area (Å²) in [4.78, 5) is 12.2. The maximum Gasteiger partial charge on any atom is 0.196 e. The smallest absolute Gasteiger partial charge is 0.196 e. The van der Waals surface area contributed by atoms with Crippen molar-refractivity contribution in [3.63, 3.8) is 0 Å². The highest BCUT2D eigenvalue weighted by molar-refractivity contribution is 6.31. The number of halogens is 2. The first kappa shape index (κ1) is 14.7. The molecule has 0 spiro atoms. The molecule has 0 aliphatic heterocycles. The van der Waals surface area contributed by atoms with E-state index in [1.807, 2.05) is 12.1 Å². The normalized spacial score (nSPS) is 10.6. The second kappa shape index (κ2) is 6.67. The van der Waals surface area contributed by atoms with Crippen LogP contribution < -0.4 is 0 Å². The Kier molecular flexibility index (Phi) is 4.91. The van der Waals surface area contributed by atoms with Gasteiger partial charge < -0.3 is 0 Å². The van der Waals surface area contributed by atoms with E-state index in [4.69, 9.17) is 11.6 Å². The minimum Gasteiger partial charge on any atom is -0.288 e. The van der Waals surface area contributed by atoms with Crippen molar-refractivity contribution >= 4 is 17.4 Å². The van der Waals surface area contributed by atoms with Crippen molar-refractivity contribution in [3.8, 4) is 0 Å². The summed E-state index contributed by atoms with van der Waals surface area (Å²) in [5, 5.41) is -0.0320. The van der Waals surface area contributed by atoms with Crippen LogP contribution in [0.3, 0.4) is 0 Å². The fourth-order valence-corrected chi connectivity index (χ4v) is 2.21. The quantitative estimate of drug-likeness (QED) is 0.704.